The number of methoxy groups -OCH3 is 2. The first-order chi connectivity index (χ1) is 11.8. The van der Waals surface area contributed by atoms with Gasteiger partial charge in [0, 0.05) is 5.33 Å². The monoisotopic (exact) mass is 422 g/mol. The molecule has 0 N–H and O–H groups in total. The van der Waals surface area contributed by atoms with Crippen molar-refractivity contribution in [2.45, 2.75) is 33.5 Å². The SMILES string of the molecule is C.COC(=O)c1ccc(C)c(C)c1.COC(=O)c1ccc(CBr)c(C)c1. The van der Waals surface area contributed by atoms with E-state index in [1.807, 2.05) is 45.0 Å². The molecule has 2 aromatic rings. The summed E-state index contributed by atoms with van der Waals surface area (Å²) in [5, 5.41) is 0.806. The molecule has 0 aromatic heterocycles. The van der Waals surface area contributed by atoms with Crippen LogP contribution in [0.25, 0.3) is 0 Å². The standard InChI is InChI=1S/C10H11BrO2.C10H12O2.CH4/c1-7-5-8(10(12)13-2)3-4-9(7)6-11;1-7-4-5-9(6-8(7)2)10(11)12-3;/h3-5H,6H2,1-2H3;4-6H,1-3H3;1H4. The van der Waals surface area contributed by atoms with Gasteiger partial charge in [0.2, 0.25) is 0 Å². The van der Waals surface area contributed by atoms with Crippen LogP contribution in [0.3, 0.4) is 0 Å². The molecule has 0 saturated heterocycles. The van der Waals surface area contributed by atoms with Gasteiger partial charge in [0.25, 0.3) is 0 Å². The Balaban J connectivity index is 0.000000464. The van der Waals surface area contributed by atoms with Crippen LogP contribution in [0, 0.1) is 20.8 Å². The van der Waals surface area contributed by atoms with Crippen molar-refractivity contribution in [3.05, 3.63) is 69.8 Å². The van der Waals surface area contributed by atoms with Gasteiger partial charge in [-0.1, -0.05) is 35.5 Å². The number of benzene rings is 2. The van der Waals surface area contributed by atoms with Crippen molar-refractivity contribution in [2.24, 2.45) is 0 Å². The first kappa shape index (κ1) is 23.9. The lowest BCUT2D eigenvalue weighted by atomic mass is 10.1. The molecule has 4 nitrogen and oxygen atoms in total. The minimum atomic E-state index is -0.288. The highest BCUT2D eigenvalue weighted by molar-refractivity contribution is 9.08. The van der Waals surface area contributed by atoms with Crippen LogP contribution >= 0.6 is 15.9 Å². The molecule has 0 aliphatic heterocycles. The van der Waals surface area contributed by atoms with E-state index in [2.05, 4.69) is 25.4 Å². The normalized spacial score (nSPS) is 9.31. The Morgan fingerprint density at radius 3 is 1.65 bits per heavy atom. The molecule has 0 radical (unpaired) electrons. The maximum absolute atomic E-state index is 11.1. The highest BCUT2D eigenvalue weighted by atomic mass is 79.9. The Morgan fingerprint density at radius 2 is 1.27 bits per heavy atom. The smallest absolute Gasteiger partial charge is 0.337 e. The molecule has 0 atom stereocenters. The Labute approximate surface area is 164 Å². The molecule has 0 fully saturated rings. The van der Waals surface area contributed by atoms with Crippen LogP contribution in [0.4, 0.5) is 0 Å². The van der Waals surface area contributed by atoms with E-state index in [4.69, 9.17) is 0 Å². The summed E-state index contributed by atoms with van der Waals surface area (Å²) in [5.41, 5.74) is 5.79. The molecule has 2 aromatic carbocycles. The zero-order valence-electron chi connectivity index (χ0n) is 15.2. The molecular formula is C21H27BrO4. The largest absolute Gasteiger partial charge is 0.465 e. The zero-order valence-corrected chi connectivity index (χ0v) is 16.8. The van der Waals surface area contributed by atoms with Crippen molar-refractivity contribution in [2.75, 3.05) is 14.2 Å². The van der Waals surface area contributed by atoms with E-state index >= 15 is 0 Å². The molecule has 2 rings (SSSR count). The van der Waals surface area contributed by atoms with E-state index in [9.17, 15) is 9.59 Å². The highest BCUT2D eigenvalue weighted by Crippen LogP contribution is 2.14. The molecule has 0 amide bonds. The third kappa shape index (κ3) is 6.64. The number of halogens is 1. The molecule has 0 spiro atoms. The Morgan fingerprint density at radius 1 is 0.808 bits per heavy atom. The first-order valence-corrected chi connectivity index (χ1v) is 8.85. The summed E-state index contributed by atoms with van der Waals surface area (Å²) < 4.78 is 9.21. The van der Waals surface area contributed by atoms with Gasteiger partial charge in [-0.3, -0.25) is 0 Å². The third-order valence-corrected chi connectivity index (χ3v) is 4.44. The lowest BCUT2D eigenvalue weighted by Crippen LogP contribution is -2.01. The molecule has 0 aliphatic carbocycles. The molecule has 26 heavy (non-hydrogen) atoms. The van der Waals surface area contributed by atoms with Crippen molar-refractivity contribution < 1.29 is 19.1 Å². The second kappa shape index (κ2) is 11.5. The van der Waals surface area contributed by atoms with Gasteiger partial charge in [-0.05, 0) is 67.3 Å². The fraction of sp³-hybridized carbons (Fsp3) is 0.333. The Bertz CT molecular complexity index is 754. The average molecular weight is 423 g/mol. The summed E-state index contributed by atoms with van der Waals surface area (Å²) in [6, 6.07) is 11.1. The number of hydrogen-bond acceptors (Lipinski definition) is 4. The predicted octanol–water partition coefficient (Wildman–Crippen LogP) is 5.40. The maximum atomic E-state index is 11.1. The second-order valence-electron chi connectivity index (χ2n) is 5.56. The molecule has 0 heterocycles. The van der Waals surface area contributed by atoms with Crippen LogP contribution in [-0.4, -0.2) is 26.2 Å². The molecule has 0 bridgehead atoms. The third-order valence-electron chi connectivity index (χ3n) is 3.84. The molecule has 142 valence electrons. The summed E-state index contributed by atoms with van der Waals surface area (Å²) in [6.07, 6.45) is 0. The van der Waals surface area contributed by atoms with Gasteiger partial charge in [0.05, 0.1) is 25.3 Å². The van der Waals surface area contributed by atoms with Gasteiger partial charge in [0.15, 0.2) is 0 Å². The van der Waals surface area contributed by atoms with E-state index in [0.29, 0.717) is 11.1 Å². The number of alkyl halides is 1. The minimum absolute atomic E-state index is 0. The summed E-state index contributed by atoms with van der Waals surface area (Å²) in [7, 11) is 2.77. The van der Waals surface area contributed by atoms with E-state index in [1.165, 1.54) is 25.3 Å². The Hall–Kier alpha value is -2.14. The lowest BCUT2D eigenvalue weighted by molar-refractivity contribution is 0.0591. The van der Waals surface area contributed by atoms with Gasteiger partial charge in [-0.15, -0.1) is 0 Å². The number of carbonyl (C=O) groups is 2. The molecule has 0 saturated carbocycles. The van der Waals surface area contributed by atoms with E-state index in [1.54, 1.807) is 12.1 Å². The van der Waals surface area contributed by atoms with Crippen molar-refractivity contribution in [3.8, 4) is 0 Å². The van der Waals surface area contributed by atoms with Gasteiger partial charge >= 0.3 is 11.9 Å². The summed E-state index contributed by atoms with van der Waals surface area (Å²) in [5.74, 6) is -0.567. The van der Waals surface area contributed by atoms with Crippen LogP contribution in [-0.2, 0) is 14.8 Å². The van der Waals surface area contributed by atoms with Crippen molar-refractivity contribution in [1.29, 1.82) is 0 Å². The topological polar surface area (TPSA) is 52.6 Å². The number of rotatable bonds is 3. The number of aryl methyl sites for hydroxylation is 3. The molecule has 5 heteroatoms. The first-order valence-electron chi connectivity index (χ1n) is 7.73. The summed E-state index contributed by atoms with van der Waals surface area (Å²) >= 11 is 3.37. The van der Waals surface area contributed by atoms with Gasteiger partial charge in [-0.2, -0.15) is 0 Å². The summed E-state index contributed by atoms with van der Waals surface area (Å²) in [6.45, 7) is 5.96. The van der Waals surface area contributed by atoms with Crippen molar-refractivity contribution in [1.82, 2.24) is 0 Å². The number of hydrogen-bond donors (Lipinski definition) is 0. The highest BCUT2D eigenvalue weighted by Gasteiger charge is 2.06. The summed E-state index contributed by atoms with van der Waals surface area (Å²) in [4.78, 5) is 22.2. The quantitative estimate of drug-likeness (QED) is 0.490. The number of ether oxygens (including phenoxy) is 2. The fourth-order valence-corrected chi connectivity index (χ4v) is 2.71. The second-order valence-corrected chi connectivity index (χ2v) is 6.12. The van der Waals surface area contributed by atoms with Gasteiger partial charge in [0.1, 0.15) is 0 Å². The molecular weight excluding hydrogens is 396 g/mol. The van der Waals surface area contributed by atoms with Crippen LogP contribution in [0.5, 0.6) is 0 Å². The number of esters is 2. The van der Waals surface area contributed by atoms with Crippen molar-refractivity contribution in [3.63, 3.8) is 0 Å². The lowest BCUT2D eigenvalue weighted by Gasteiger charge is -2.04. The van der Waals surface area contributed by atoms with Crippen LogP contribution < -0.4 is 0 Å². The van der Waals surface area contributed by atoms with E-state index in [0.717, 1.165) is 16.5 Å². The predicted molar refractivity (Wildman–Crippen MR) is 109 cm³/mol. The average Bonchev–Trinajstić information content (AvgIpc) is 2.63. The molecule has 0 aliphatic rings. The maximum Gasteiger partial charge on any atom is 0.337 e. The van der Waals surface area contributed by atoms with E-state index < -0.39 is 0 Å². The number of carbonyl (C=O) groups excluding carboxylic acids is 2. The van der Waals surface area contributed by atoms with Crippen LogP contribution in [0.15, 0.2) is 36.4 Å². The van der Waals surface area contributed by atoms with Crippen LogP contribution in [0.1, 0.15) is 50.4 Å². The van der Waals surface area contributed by atoms with Gasteiger partial charge in [-0.25, -0.2) is 9.59 Å². The fourth-order valence-electron chi connectivity index (χ4n) is 2.08. The Kier molecular flexibility index (Phi) is 10.5. The van der Waals surface area contributed by atoms with E-state index in [-0.39, 0.29) is 19.4 Å². The van der Waals surface area contributed by atoms with Crippen LogP contribution in [0.2, 0.25) is 0 Å². The zero-order chi connectivity index (χ0) is 19.0. The molecule has 0 unspecified atom stereocenters. The van der Waals surface area contributed by atoms with Crippen molar-refractivity contribution >= 4 is 27.9 Å². The minimum Gasteiger partial charge on any atom is -0.465 e. The van der Waals surface area contributed by atoms with Gasteiger partial charge < -0.3 is 9.47 Å².